The van der Waals surface area contributed by atoms with Crippen molar-refractivity contribution in [1.29, 1.82) is 0 Å². The first-order valence-corrected chi connectivity index (χ1v) is 7.94. The summed E-state index contributed by atoms with van der Waals surface area (Å²) in [5.74, 6) is 4.60. The molecule has 2 N–H and O–H groups in total. The van der Waals surface area contributed by atoms with Crippen LogP contribution in [0.1, 0.15) is 20.3 Å². The van der Waals surface area contributed by atoms with Crippen molar-refractivity contribution < 1.29 is 18.9 Å². The van der Waals surface area contributed by atoms with Crippen molar-refractivity contribution in [2.24, 2.45) is 11.1 Å². The molecule has 0 fully saturated rings. The second-order valence-electron chi connectivity index (χ2n) is 5.05. The third-order valence-corrected chi connectivity index (χ3v) is 4.19. The maximum atomic E-state index is 13.5. The average molecular weight is 398 g/mol. The summed E-state index contributed by atoms with van der Waals surface area (Å²) in [5.41, 5.74) is 2.88. The van der Waals surface area contributed by atoms with Gasteiger partial charge in [-0.15, -0.1) is 0 Å². The van der Waals surface area contributed by atoms with Crippen LogP contribution in [0.25, 0.3) is 0 Å². The van der Waals surface area contributed by atoms with Gasteiger partial charge in [-0.25, -0.2) is 14.1 Å². The minimum absolute atomic E-state index is 0.199. The lowest BCUT2D eigenvalue weighted by molar-refractivity contribution is 0.156. The van der Waals surface area contributed by atoms with E-state index in [4.69, 9.17) is 10.7 Å². The van der Waals surface area contributed by atoms with E-state index >= 15 is 0 Å². The van der Waals surface area contributed by atoms with Crippen molar-refractivity contribution in [1.82, 2.24) is 0 Å². The van der Waals surface area contributed by atoms with E-state index in [0.29, 0.717) is 35.7 Å². The van der Waals surface area contributed by atoms with Gasteiger partial charge in [-0.05, 0) is 53.0 Å². The maximum absolute atomic E-state index is 13.5. The number of nitrogens with zero attached hydrogens (tertiary/aromatic N) is 2. The fourth-order valence-electron chi connectivity index (χ4n) is 2.43. The van der Waals surface area contributed by atoms with Gasteiger partial charge < -0.3 is 9.68 Å². The van der Waals surface area contributed by atoms with Gasteiger partial charge >= 0.3 is 6.09 Å². The highest BCUT2D eigenvalue weighted by Crippen LogP contribution is 2.31. The van der Waals surface area contributed by atoms with Gasteiger partial charge in [0.1, 0.15) is 12.4 Å². The molecule has 2 rings (SSSR count). The normalized spacial score (nSPS) is 14.0. The Morgan fingerprint density at radius 1 is 1.58 bits per heavy atom. The summed E-state index contributed by atoms with van der Waals surface area (Å²) in [6, 6.07) is 4.10. The Bertz CT molecular complexity index is 746. The monoisotopic (exact) mass is 397 g/mol. The third kappa shape index (κ3) is 3.49. The van der Waals surface area contributed by atoms with Crippen LogP contribution >= 0.6 is 15.9 Å². The molecule has 0 aliphatic carbocycles. The Morgan fingerprint density at radius 2 is 2.29 bits per heavy atom. The molecule has 0 spiro atoms. The van der Waals surface area contributed by atoms with Gasteiger partial charge in [0, 0.05) is 5.57 Å². The largest absolute Gasteiger partial charge is 0.437 e. The first-order valence-electron chi connectivity index (χ1n) is 7.14. The van der Waals surface area contributed by atoms with E-state index in [1.807, 2.05) is 6.92 Å². The molecule has 1 heterocycles. The molecule has 0 aromatic heterocycles. The van der Waals surface area contributed by atoms with Gasteiger partial charge in [0.15, 0.2) is 0 Å². The number of benzene rings is 1. The Morgan fingerprint density at radius 3 is 2.88 bits per heavy atom. The van der Waals surface area contributed by atoms with Crippen molar-refractivity contribution in [3.05, 3.63) is 51.9 Å². The second kappa shape index (κ2) is 7.59. The van der Waals surface area contributed by atoms with Crippen molar-refractivity contribution in [2.45, 2.75) is 20.3 Å². The molecule has 0 bridgehead atoms. The smallest absolute Gasteiger partial charge is 0.391 e. The van der Waals surface area contributed by atoms with Crippen LogP contribution in [0.15, 0.2) is 51.2 Å². The van der Waals surface area contributed by atoms with Gasteiger partial charge in [0.2, 0.25) is 0 Å². The molecule has 1 aromatic rings. The lowest BCUT2D eigenvalue weighted by atomic mass is 9.98. The molecule has 128 valence electrons. The zero-order valence-electron chi connectivity index (χ0n) is 13.3. The predicted molar refractivity (Wildman–Crippen MR) is 92.8 cm³/mol. The van der Waals surface area contributed by atoms with E-state index in [1.54, 1.807) is 6.92 Å². The lowest BCUT2D eigenvalue weighted by Crippen LogP contribution is -2.35. The lowest BCUT2D eigenvalue weighted by Gasteiger charge is -2.27. The van der Waals surface area contributed by atoms with Crippen LogP contribution in [0.5, 0.6) is 0 Å². The van der Waals surface area contributed by atoms with E-state index < -0.39 is 11.9 Å². The summed E-state index contributed by atoms with van der Waals surface area (Å²) >= 11 is 3.10. The SMILES string of the molecule is C=C(C1=C(CC)CON=C1C)N(C(=O)ON)c1ccc(F)c(Br)c1. The summed E-state index contributed by atoms with van der Waals surface area (Å²) in [7, 11) is 0. The average Bonchev–Trinajstić information content (AvgIpc) is 2.57. The topological polar surface area (TPSA) is 77.1 Å². The summed E-state index contributed by atoms with van der Waals surface area (Å²) in [6.07, 6.45) is -0.152. The summed E-state index contributed by atoms with van der Waals surface area (Å²) in [4.78, 5) is 22.9. The molecule has 8 heteroatoms. The number of amides is 1. The van der Waals surface area contributed by atoms with Crippen LogP contribution in [-0.4, -0.2) is 18.4 Å². The molecule has 1 aliphatic heterocycles. The first kappa shape index (κ1) is 18.2. The van der Waals surface area contributed by atoms with Crippen molar-refractivity contribution >= 4 is 33.4 Å². The van der Waals surface area contributed by atoms with Crippen LogP contribution in [0.2, 0.25) is 0 Å². The van der Waals surface area contributed by atoms with Crippen molar-refractivity contribution in [3.8, 4) is 0 Å². The van der Waals surface area contributed by atoms with Crippen LogP contribution in [0.4, 0.5) is 14.9 Å². The van der Waals surface area contributed by atoms with E-state index in [9.17, 15) is 9.18 Å². The van der Waals surface area contributed by atoms with Crippen LogP contribution in [0, 0.1) is 5.82 Å². The van der Waals surface area contributed by atoms with Crippen LogP contribution in [0.3, 0.4) is 0 Å². The number of hydrogen-bond donors (Lipinski definition) is 1. The molecule has 1 amide bonds. The van der Waals surface area contributed by atoms with Gasteiger partial charge in [0.05, 0.1) is 21.6 Å². The molecule has 6 nitrogen and oxygen atoms in total. The molecular weight excluding hydrogens is 381 g/mol. The minimum atomic E-state index is -0.847. The van der Waals surface area contributed by atoms with E-state index in [0.717, 1.165) is 5.57 Å². The quantitative estimate of drug-likeness (QED) is 0.777. The first-order chi connectivity index (χ1) is 11.4. The van der Waals surface area contributed by atoms with Gasteiger partial charge in [-0.1, -0.05) is 18.7 Å². The van der Waals surface area contributed by atoms with Crippen molar-refractivity contribution in [2.75, 3.05) is 11.5 Å². The highest BCUT2D eigenvalue weighted by atomic mass is 79.9. The highest BCUT2D eigenvalue weighted by molar-refractivity contribution is 9.10. The summed E-state index contributed by atoms with van der Waals surface area (Å²) in [5, 5.41) is 3.94. The molecule has 1 aromatic carbocycles. The Balaban J connectivity index is 2.54. The standard InChI is InChI=1S/C16H17BrFN3O3/c1-4-11-8-23-20-9(2)15(11)10(3)21(16(22)24-19)12-5-6-14(18)13(17)7-12/h5-7H,3-4,8,19H2,1-2H3. The van der Waals surface area contributed by atoms with Crippen molar-refractivity contribution in [3.63, 3.8) is 0 Å². The fourth-order valence-corrected chi connectivity index (χ4v) is 2.80. The molecule has 0 radical (unpaired) electrons. The maximum Gasteiger partial charge on any atom is 0.437 e. The minimum Gasteiger partial charge on any atom is -0.391 e. The molecule has 1 aliphatic rings. The number of nitrogens with two attached hydrogens (primary N) is 1. The number of anilines is 1. The molecule has 0 atom stereocenters. The van der Waals surface area contributed by atoms with E-state index in [1.165, 1.54) is 23.1 Å². The third-order valence-electron chi connectivity index (χ3n) is 3.59. The highest BCUT2D eigenvalue weighted by Gasteiger charge is 2.28. The predicted octanol–water partition coefficient (Wildman–Crippen LogP) is 4.03. The van der Waals surface area contributed by atoms with E-state index in [2.05, 4.69) is 32.5 Å². The molecule has 24 heavy (non-hydrogen) atoms. The zero-order valence-corrected chi connectivity index (χ0v) is 14.9. The Kier molecular flexibility index (Phi) is 5.74. The number of carbonyl (C=O) groups is 1. The zero-order chi connectivity index (χ0) is 17.9. The molecule has 0 saturated heterocycles. The molecule has 0 saturated carbocycles. The fraction of sp³-hybridized carbons (Fsp3) is 0.250. The molecule has 0 unspecified atom stereocenters. The van der Waals surface area contributed by atoms with Gasteiger partial charge in [0.25, 0.3) is 0 Å². The number of allylic oxidation sites excluding steroid dienone is 1. The molecular formula is C16H17BrFN3O3. The van der Waals surface area contributed by atoms with Gasteiger partial charge in [-0.3, -0.25) is 0 Å². The number of oxime groups is 1. The number of rotatable bonds is 4. The number of halogens is 2. The second-order valence-corrected chi connectivity index (χ2v) is 5.90. The van der Waals surface area contributed by atoms with Gasteiger partial charge in [-0.2, -0.15) is 5.90 Å². The Hall–Kier alpha value is -2.19. The summed E-state index contributed by atoms with van der Waals surface area (Å²) < 4.78 is 13.7. The van der Waals surface area contributed by atoms with E-state index in [-0.39, 0.29) is 4.47 Å². The Labute approximate surface area is 147 Å². The summed E-state index contributed by atoms with van der Waals surface area (Å²) in [6.45, 7) is 8.01. The van der Waals surface area contributed by atoms with Crippen LogP contribution in [-0.2, 0) is 9.68 Å². The van der Waals surface area contributed by atoms with Crippen LogP contribution < -0.4 is 10.8 Å². The number of hydrogen-bond acceptors (Lipinski definition) is 5. The number of carbonyl (C=O) groups excluding carboxylic acids is 1.